The lowest BCUT2D eigenvalue weighted by Gasteiger charge is -2.36. The van der Waals surface area contributed by atoms with E-state index in [0.717, 1.165) is 25.6 Å². The standard InChI is InChI=1S/C17H28N4/c1-14-9-11-21(12-10-14)16(13-19-17(18)20(2)3)15-7-5-4-6-8-15/h4-8,14,16H,9-13H2,1-3H3,(H2,18,19). The van der Waals surface area contributed by atoms with Crippen LogP contribution in [0.1, 0.15) is 31.4 Å². The summed E-state index contributed by atoms with van der Waals surface area (Å²) >= 11 is 0. The van der Waals surface area contributed by atoms with Crippen molar-refractivity contribution in [1.29, 1.82) is 0 Å². The van der Waals surface area contributed by atoms with Gasteiger partial charge in [0.25, 0.3) is 0 Å². The Morgan fingerprint density at radius 3 is 2.48 bits per heavy atom. The molecule has 0 radical (unpaired) electrons. The predicted molar refractivity (Wildman–Crippen MR) is 89.3 cm³/mol. The van der Waals surface area contributed by atoms with E-state index in [9.17, 15) is 0 Å². The van der Waals surface area contributed by atoms with E-state index in [2.05, 4.69) is 47.1 Å². The molecule has 4 nitrogen and oxygen atoms in total. The molecule has 1 aliphatic heterocycles. The van der Waals surface area contributed by atoms with E-state index in [0.29, 0.717) is 12.0 Å². The van der Waals surface area contributed by atoms with Crippen LogP contribution in [-0.4, -0.2) is 49.5 Å². The average molecular weight is 288 g/mol. The van der Waals surface area contributed by atoms with Gasteiger partial charge in [-0.25, -0.2) is 0 Å². The molecule has 4 heteroatoms. The highest BCUT2D eigenvalue weighted by atomic mass is 15.2. The summed E-state index contributed by atoms with van der Waals surface area (Å²) in [6, 6.07) is 11.0. The Morgan fingerprint density at radius 1 is 1.29 bits per heavy atom. The van der Waals surface area contributed by atoms with Gasteiger partial charge in [0.15, 0.2) is 5.96 Å². The molecule has 21 heavy (non-hydrogen) atoms. The summed E-state index contributed by atoms with van der Waals surface area (Å²) in [7, 11) is 3.86. The molecule has 1 heterocycles. The maximum absolute atomic E-state index is 5.95. The quantitative estimate of drug-likeness (QED) is 0.683. The van der Waals surface area contributed by atoms with Crippen molar-refractivity contribution in [1.82, 2.24) is 9.80 Å². The van der Waals surface area contributed by atoms with Crippen LogP contribution in [0.15, 0.2) is 35.3 Å². The van der Waals surface area contributed by atoms with E-state index in [1.807, 2.05) is 19.0 Å². The summed E-state index contributed by atoms with van der Waals surface area (Å²) in [5.41, 5.74) is 7.29. The number of aliphatic imine (C=N–C) groups is 1. The van der Waals surface area contributed by atoms with Gasteiger partial charge in [-0.15, -0.1) is 0 Å². The maximum Gasteiger partial charge on any atom is 0.190 e. The number of hydrogen-bond acceptors (Lipinski definition) is 2. The SMILES string of the molecule is CC1CCN(C(CN=C(N)N(C)C)c2ccccc2)CC1. The topological polar surface area (TPSA) is 44.9 Å². The minimum Gasteiger partial charge on any atom is -0.370 e. The van der Waals surface area contributed by atoms with Gasteiger partial charge in [0.05, 0.1) is 12.6 Å². The highest BCUT2D eigenvalue weighted by Gasteiger charge is 2.24. The van der Waals surface area contributed by atoms with Crippen molar-refractivity contribution >= 4 is 5.96 Å². The molecule has 2 rings (SSSR count). The highest BCUT2D eigenvalue weighted by molar-refractivity contribution is 5.77. The number of nitrogens with zero attached hydrogens (tertiary/aromatic N) is 3. The first-order valence-corrected chi connectivity index (χ1v) is 7.84. The van der Waals surface area contributed by atoms with Gasteiger partial charge in [-0.2, -0.15) is 0 Å². The monoisotopic (exact) mass is 288 g/mol. The molecule has 1 aromatic rings. The van der Waals surface area contributed by atoms with Crippen LogP contribution in [0.4, 0.5) is 0 Å². The zero-order chi connectivity index (χ0) is 15.2. The third-order valence-corrected chi connectivity index (χ3v) is 4.33. The molecule has 0 bridgehead atoms. The smallest absolute Gasteiger partial charge is 0.190 e. The number of piperidine rings is 1. The Kier molecular flexibility index (Phi) is 5.62. The number of benzene rings is 1. The second-order valence-electron chi connectivity index (χ2n) is 6.24. The van der Waals surface area contributed by atoms with Gasteiger partial charge in [0.2, 0.25) is 0 Å². The molecule has 0 aromatic heterocycles. The number of rotatable bonds is 4. The van der Waals surface area contributed by atoms with Crippen molar-refractivity contribution in [3.8, 4) is 0 Å². The van der Waals surface area contributed by atoms with Crippen molar-refractivity contribution in [2.24, 2.45) is 16.6 Å². The van der Waals surface area contributed by atoms with Gasteiger partial charge < -0.3 is 10.6 Å². The first kappa shape index (κ1) is 15.8. The third-order valence-electron chi connectivity index (χ3n) is 4.33. The maximum atomic E-state index is 5.95. The van der Waals surface area contributed by atoms with Crippen LogP contribution in [0.3, 0.4) is 0 Å². The van der Waals surface area contributed by atoms with Gasteiger partial charge in [-0.1, -0.05) is 37.3 Å². The molecule has 1 atom stereocenters. The Hall–Kier alpha value is -1.55. The van der Waals surface area contributed by atoms with E-state index < -0.39 is 0 Å². The van der Waals surface area contributed by atoms with Crippen LogP contribution in [-0.2, 0) is 0 Å². The van der Waals surface area contributed by atoms with Crippen molar-refractivity contribution < 1.29 is 0 Å². The van der Waals surface area contributed by atoms with E-state index in [1.165, 1.54) is 18.4 Å². The predicted octanol–water partition coefficient (Wildman–Crippen LogP) is 2.34. The largest absolute Gasteiger partial charge is 0.370 e. The molecule has 0 amide bonds. The van der Waals surface area contributed by atoms with Gasteiger partial charge >= 0.3 is 0 Å². The zero-order valence-electron chi connectivity index (χ0n) is 13.5. The van der Waals surface area contributed by atoms with Gasteiger partial charge in [0.1, 0.15) is 0 Å². The summed E-state index contributed by atoms with van der Waals surface area (Å²) in [6.45, 7) is 5.37. The van der Waals surface area contributed by atoms with Crippen molar-refractivity contribution in [3.63, 3.8) is 0 Å². The van der Waals surface area contributed by atoms with Gasteiger partial charge in [0, 0.05) is 14.1 Å². The minimum absolute atomic E-state index is 0.331. The summed E-state index contributed by atoms with van der Waals surface area (Å²) in [5.74, 6) is 1.44. The molecular weight excluding hydrogens is 260 g/mol. The van der Waals surface area contributed by atoms with E-state index in [4.69, 9.17) is 5.73 Å². The molecule has 0 spiro atoms. The number of guanidine groups is 1. The van der Waals surface area contributed by atoms with Crippen LogP contribution in [0.5, 0.6) is 0 Å². The first-order chi connectivity index (χ1) is 10.1. The van der Waals surface area contributed by atoms with Crippen molar-refractivity contribution in [2.75, 3.05) is 33.7 Å². The lowest BCUT2D eigenvalue weighted by atomic mass is 9.96. The lowest BCUT2D eigenvalue weighted by molar-refractivity contribution is 0.141. The molecule has 0 aliphatic carbocycles. The Bertz CT molecular complexity index is 447. The van der Waals surface area contributed by atoms with E-state index in [-0.39, 0.29) is 0 Å². The van der Waals surface area contributed by atoms with E-state index >= 15 is 0 Å². The fourth-order valence-corrected chi connectivity index (χ4v) is 2.77. The van der Waals surface area contributed by atoms with Crippen LogP contribution >= 0.6 is 0 Å². The van der Waals surface area contributed by atoms with Crippen LogP contribution in [0.25, 0.3) is 0 Å². The summed E-state index contributed by atoms with van der Waals surface area (Å²) in [4.78, 5) is 8.99. The first-order valence-electron chi connectivity index (χ1n) is 7.84. The normalized spacial score (nSPS) is 19.5. The summed E-state index contributed by atoms with van der Waals surface area (Å²) < 4.78 is 0. The molecule has 0 saturated carbocycles. The fourth-order valence-electron chi connectivity index (χ4n) is 2.77. The second-order valence-corrected chi connectivity index (χ2v) is 6.24. The molecule has 1 saturated heterocycles. The van der Waals surface area contributed by atoms with Gasteiger partial charge in [-0.3, -0.25) is 9.89 Å². The van der Waals surface area contributed by atoms with E-state index in [1.54, 1.807) is 0 Å². The molecule has 1 fully saturated rings. The van der Waals surface area contributed by atoms with Crippen LogP contribution in [0, 0.1) is 5.92 Å². The average Bonchev–Trinajstić information content (AvgIpc) is 2.50. The van der Waals surface area contributed by atoms with Gasteiger partial charge in [-0.05, 0) is 37.4 Å². The molecular formula is C17H28N4. The van der Waals surface area contributed by atoms with Crippen LogP contribution < -0.4 is 5.73 Å². The summed E-state index contributed by atoms with van der Waals surface area (Å²) in [6.07, 6.45) is 2.55. The lowest BCUT2D eigenvalue weighted by Crippen LogP contribution is -2.38. The Labute approximate surface area is 128 Å². The molecule has 1 unspecified atom stereocenters. The number of hydrogen-bond donors (Lipinski definition) is 1. The second kappa shape index (κ2) is 7.46. The molecule has 1 aliphatic rings. The van der Waals surface area contributed by atoms with Crippen molar-refractivity contribution in [3.05, 3.63) is 35.9 Å². The Balaban J connectivity index is 2.13. The molecule has 2 N–H and O–H groups in total. The Morgan fingerprint density at radius 2 is 1.90 bits per heavy atom. The van der Waals surface area contributed by atoms with Crippen LogP contribution in [0.2, 0.25) is 0 Å². The third kappa shape index (κ3) is 4.46. The molecule has 116 valence electrons. The number of likely N-dealkylation sites (tertiary alicyclic amines) is 1. The minimum atomic E-state index is 0.331. The number of nitrogens with two attached hydrogens (primary N) is 1. The molecule has 1 aromatic carbocycles. The van der Waals surface area contributed by atoms with Crippen molar-refractivity contribution in [2.45, 2.75) is 25.8 Å². The summed E-state index contributed by atoms with van der Waals surface area (Å²) in [5, 5.41) is 0. The fraction of sp³-hybridized carbons (Fsp3) is 0.588. The zero-order valence-corrected chi connectivity index (χ0v) is 13.5. The highest BCUT2D eigenvalue weighted by Crippen LogP contribution is 2.27.